The van der Waals surface area contributed by atoms with E-state index in [1.165, 1.54) is 25.0 Å². The largest absolute Gasteiger partial charge is 0.353 e. The molecular formula is C16H28IN5. The van der Waals surface area contributed by atoms with Gasteiger partial charge in [0.05, 0.1) is 6.54 Å². The van der Waals surface area contributed by atoms with E-state index in [4.69, 9.17) is 0 Å². The van der Waals surface area contributed by atoms with Crippen molar-refractivity contribution in [3.05, 3.63) is 24.0 Å². The van der Waals surface area contributed by atoms with Crippen LogP contribution in [0.25, 0.3) is 0 Å². The minimum Gasteiger partial charge on any atom is -0.353 e. The van der Waals surface area contributed by atoms with Gasteiger partial charge in [-0.25, -0.2) is 0 Å². The van der Waals surface area contributed by atoms with Crippen LogP contribution in [-0.4, -0.2) is 47.1 Å². The maximum Gasteiger partial charge on any atom is 0.191 e. The van der Waals surface area contributed by atoms with E-state index in [2.05, 4.69) is 57.4 Å². The van der Waals surface area contributed by atoms with Gasteiger partial charge in [0.25, 0.3) is 0 Å². The van der Waals surface area contributed by atoms with Crippen LogP contribution in [0.1, 0.15) is 31.9 Å². The average molecular weight is 417 g/mol. The number of nitrogens with zero attached hydrogens (tertiary/aromatic N) is 3. The quantitative estimate of drug-likeness (QED) is 0.447. The first kappa shape index (κ1) is 17.6. The molecule has 1 aromatic rings. The van der Waals surface area contributed by atoms with Crippen LogP contribution in [-0.2, 0) is 13.6 Å². The summed E-state index contributed by atoms with van der Waals surface area (Å²) in [6, 6.07) is 6.26. The lowest BCUT2D eigenvalue weighted by atomic mass is 10.2. The van der Waals surface area contributed by atoms with Crippen LogP contribution in [0.15, 0.2) is 23.3 Å². The minimum absolute atomic E-state index is 0. The lowest BCUT2D eigenvalue weighted by Gasteiger charge is -2.20. The smallest absolute Gasteiger partial charge is 0.191 e. The van der Waals surface area contributed by atoms with Gasteiger partial charge in [-0.15, -0.1) is 24.0 Å². The highest BCUT2D eigenvalue weighted by atomic mass is 127. The van der Waals surface area contributed by atoms with E-state index in [0.717, 1.165) is 25.1 Å². The predicted octanol–water partition coefficient (Wildman–Crippen LogP) is 1.93. The monoisotopic (exact) mass is 417 g/mol. The molecular weight excluding hydrogens is 389 g/mol. The Morgan fingerprint density at radius 3 is 2.77 bits per heavy atom. The molecule has 0 bridgehead atoms. The van der Waals surface area contributed by atoms with Gasteiger partial charge in [0, 0.05) is 50.7 Å². The molecule has 2 unspecified atom stereocenters. The number of aromatic nitrogens is 1. The highest BCUT2D eigenvalue weighted by Crippen LogP contribution is 2.33. The first-order valence-electron chi connectivity index (χ1n) is 8.00. The summed E-state index contributed by atoms with van der Waals surface area (Å²) in [6.45, 7) is 4.30. The minimum atomic E-state index is 0. The molecule has 2 atom stereocenters. The number of aliphatic imine (C=N–C) groups is 1. The van der Waals surface area contributed by atoms with Gasteiger partial charge in [0.1, 0.15) is 0 Å². The molecule has 5 nitrogen and oxygen atoms in total. The molecule has 3 rings (SSSR count). The van der Waals surface area contributed by atoms with Crippen molar-refractivity contribution in [2.75, 3.05) is 13.6 Å². The molecule has 124 valence electrons. The van der Waals surface area contributed by atoms with Crippen molar-refractivity contribution in [1.82, 2.24) is 20.1 Å². The Hall–Kier alpha value is -0.760. The highest BCUT2D eigenvalue weighted by molar-refractivity contribution is 14.0. The summed E-state index contributed by atoms with van der Waals surface area (Å²) in [4.78, 5) is 7.01. The third-order valence-corrected chi connectivity index (χ3v) is 4.69. The van der Waals surface area contributed by atoms with Crippen molar-refractivity contribution < 1.29 is 0 Å². The fourth-order valence-corrected chi connectivity index (χ4v) is 3.32. The molecule has 1 saturated heterocycles. The van der Waals surface area contributed by atoms with Crippen molar-refractivity contribution >= 4 is 29.9 Å². The molecule has 2 N–H and O–H groups in total. The fourth-order valence-electron chi connectivity index (χ4n) is 3.32. The molecule has 0 amide bonds. The Morgan fingerprint density at radius 2 is 2.18 bits per heavy atom. The highest BCUT2D eigenvalue weighted by Gasteiger charge is 2.38. The molecule has 2 heterocycles. The molecule has 1 aliphatic heterocycles. The van der Waals surface area contributed by atoms with Gasteiger partial charge in [0.2, 0.25) is 0 Å². The molecule has 1 aromatic heterocycles. The van der Waals surface area contributed by atoms with Gasteiger partial charge in [-0.2, -0.15) is 0 Å². The normalized spacial score (nSPS) is 25.9. The number of hydrogen-bond donors (Lipinski definition) is 2. The van der Waals surface area contributed by atoms with Gasteiger partial charge in [-0.05, 0) is 38.3 Å². The number of guanidine groups is 1. The number of aryl methyl sites for hydroxylation is 1. The van der Waals surface area contributed by atoms with E-state index in [-0.39, 0.29) is 24.0 Å². The third-order valence-electron chi connectivity index (χ3n) is 4.69. The maximum absolute atomic E-state index is 4.36. The number of rotatable bonds is 4. The number of halogens is 1. The van der Waals surface area contributed by atoms with E-state index in [9.17, 15) is 0 Å². The van der Waals surface area contributed by atoms with Gasteiger partial charge in [-0.1, -0.05) is 0 Å². The molecule has 2 aliphatic rings. The summed E-state index contributed by atoms with van der Waals surface area (Å²) in [5, 5.41) is 6.99. The van der Waals surface area contributed by atoms with E-state index in [1.54, 1.807) is 0 Å². The van der Waals surface area contributed by atoms with Crippen LogP contribution in [0, 0.1) is 0 Å². The molecule has 2 fully saturated rings. The van der Waals surface area contributed by atoms with Crippen molar-refractivity contribution in [3.63, 3.8) is 0 Å². The van der Waals surface area contributed by atoms with Crippen LogP contribution in [0.4, 0.5) is 0 Å². The van der Waals surface area contributed by atoms with Crippen molar-refractivity contribution in [2.45, 2.75) is 50.9 Å². The van der Waals surface area contributed by atoms with Crippen LogP contribution in [0.3, 0.4) is 0 Å². The maximum atomic E-state index is 4.36. The zero-order chi connectivity index (χ0) is 14.8. The van der Waals surface area contributed by atoms with Crippen molar-refractivity contribution in [3.8, 4) is 0 Å². The molecule has 1 aliphatic carbocycles. The topological polar surface area (TPSA) is 44.6 Å². The number of likely N-dealkylation sites (tertiary alicyclic amines) is 1. The Morgan fingerprint density at radius 1 is 1.41 bits per heavy atom. The second-order valence-electron chi connectivity index (χ2n) is 6.39. The summed E-state index contributed by atoms with van der Waals surface area (Å²) in [6.07, 6.45) is 6.05. The summed E-state index contributed by atoms with van der Waals surface area (Å²) in [5.74, 6) is 0.908. The molecule has 1 saturated carbocycles. The Balaban J connectivity index is 0.00000176. The Kier molecular flexibility index (Phi) is 6.14. The van der Waals surface area contributed by atoms with Crippen molar-refractivity contribution in [2.24, 2.45) is 12.0 Å². The van der Waals surface area contributed by atoms with E-state index in [0.29, 0.717) is 12.1 Å². The number of nitrogens with one attached hydrogen (secondary N) is 2. The van der Waals surface area contributed by atoms with Crippen LogP contribution in [0.5, 0.6) is 0 Å². The summed E-state index contributed by atoms with van der Waals surface area (Å²) >= 11 is 0. The first-order valence-corrected chi connectivity index (χ1v) is 8.00. The van der Waals surface area contributed by atoms with E-state index < -0.39 is 0 Å². The standard InChI is InChI=1S/C16H27N5.HI/c1-12-9-13(11-21(12)14-6-7-14)19-16(17-2)18-10-15-5-4-8-20(15)3;/h4-5,8,12-14H,6-7,9-11H2,1-3H3,(H2,17,18,19);1H. The summed E-state index contributed by atoms with van der Waals surface area (Å²) < 4.78 is 2.13. The second kappa shape index (κ2) is 7.68. The van der Waals surface area contributed by atoms with Crippen LogP contribution >= 0.6 is 24.0 Å². The average Bonchev–Trinajstić information content (AvgIpc) is 3.13. The molecule has 22 heavy (non-hydrogen) atoms. The SMILES string of the molecule is CN=C(NCc1cccn1C)NC1CC(C)N(C2CC2)C1.I. The predicted molar refractivity (Wildman–Crippen MR) is 102 cm³/mol. The van der Waals surface area contributed by atoms with Gasteiger partial charge in [0.15, 0.2) is 5.96 Å². The third kappa shape index (κ3) is 4.16. The fraction of sp³-hybridized carbons (Fsp3) is 0.688. The van der Waals surface area contributed by atoms with Gasteiger partial charge < -0.3 is 15.2 Å². The molecule has 0 aromatic carbocycles. The van der Waals surface area contributed by atoms with Gasteiger partial charge >= 0.3 is 0 Å². The van der Waals surface area contributed by atoms with Crippen molar-refractivity contribution in [1.29, 1.82) is 0 Å². The molecule has 0 radical (unpaired) electrons. The first-order chi connectivity index (χ1) is 10.2. The number of hydrogen-bond acceptors (Lipinski definition) is 2. The zero-order valence-electron chi connectivity index (χ0n) is 13.7. The lowest BCUT2D eigenvalue weighted by molar-refractivity contribution is 0.256. The van der Waals surface area contributed by atoms with Crippen LogP contribution < -0.4 is 10.6 Å². The van der Waals surface area contributed by atoms with E-state index >= 15 is 0 Å². The molecule has 6 heteroatoms. The van der Waals surface area contributed by atoms with Crippen LogP contribution in [0.2, 0.25) is 0 Å². The second-order valence-corrected chi connectivity index (χ2v) is 6.39. The molecule has 0 spiro atoms. The lowest BCUT2D eigenvalue weighted by Crippen LogP contribution is -2.44. The summed E-state index contributed by atoms with van der Waals surface area (Å²) in [5.41, 5.74) is 1.26. The Labute approximate surface area is 150 Å². The summed E-state index contributed by atoms with van der Waals surface area (Å²) in [7, 11) is 3.91. The Bertz CT molecular complexity index is 508. The van der Waals surface area contributed by atoms with Gasteiger partial charge in [-0.3, -0.25) is 9.89 Å². The zero-order valence-corrected chi connectivity index (χ0v) is 16.1. The van der Waals surface area contributed by atoms with E-state index in [1.807, 2.05) is 7.05 Å².